The lowest BCUT2D eigenvalue weighted by Gasteiger charge is -2.63. The molecule has 0 aliphatic heterocycles. The second-order valence-electron chi connectivity index (χ2n) is 12.8. The quantitative estimate of drug-likeness (QED) is 0.353. The molecule has 0 saturated heterocycles. The van der Waals surface area contributed by atoms with Crippen LogP contribution < -0.4 is 0 Å². The van der Waals surface area contributed by atoms with E-state index in [0.29, 0.717) is 6.29 Å². The minimum Gasteiger partial charge on any atom is -0.479 e. The number of aldehydes is 1. The van der Waals surface area contributed by atoms with Crippen LogP contribution in [-0.4, -0.2) is 50.9 Å². The van der Waals surface area contributed by atoms with Crippen molar-refractivity contribution in [2.24, 2.45) is 39.9 Å². The number of hydrogen-bond acceptors (Lipinski definition) is 7. The molecule has 1 aromatic carbocycles. The molecule has 0 spiro atoms. The van der Waals surface area contributed by atoms with Crippen molar-refractivity contribution in [2.45, 2.75) is 90.2 Å². The van der Waals surface area contributed by atoms with Crippen molar-refractivity contribution < 1.29 is 36.8 Å². The number of Topliss-reactive ketones (excluding diaryl/α,β-unsaturated/α-hetero) is 1. The summed E-state index contributed by atoms with van der Waals surface area (Å²) < 4.78 is 38.5. The average Bonchev–Trinajstić information content (AvgIpc) is 3.28. The monoisotopic (exact) mass is 562 g/mol. The van der Waals surface area contributed by atoms with Gasteiger partial charge in [0.25, 0.3) is 10.1 Å². The van der Waals surface area contributed by atoms with Crippen LogP contribution in [0.25, 0.3) is 0 Å². The number of aliphatic carboxylic acids is 1. The fourth-order valence-electron chi connectivity index (χ4n) is 8.63. The summed E-state index contributed by atoms with van der Waals surface area (Å²) in [6.07, 6.45) is 1.80. The zero-order valence-corrected chi connectivity index (χ0v) is 24.6. The predicted molar refractivity (Wildman–Crippen MR) is 144 cm³/mol. The van der Waals surface area contributed by atoms with E-state index in [1.54, 1.807) is 26.2 Å². The molecule has 3 aliphatic rings. The Balaban J connectivity index is 1.93. The van der Waals surface area contributed by atoms with E-state index in [0.717, 1.165) is 31.2 Å². The first-order valence-electron chi connectivity index (χ1n) is 13.9. The van der Waals surface area contributed by atoms with Gasteiger partial charge in [-0.15, -0.1) is 0 Å². The Morgan fingerprint density at radius 3 is 2.33 bits per heavy atom. The molecule has 8 nitrogen and oxygen atoms in total. The second kappa shape index (κ2) is 10.4. The molecule has 0 amide bonds. The maximum atomic E-state index is 14.2. The van der Waals surface area contributed by atoms with Crippen LogP contribution in [-0.2, 0) is 33.4 Å². The molecule has 1 unspecified atom stereocenters. The van der Waals surface area contributed by atoms with E-state index >= 15 is 0 Å². The number of benzene rings is 1. The van der Waals surface area contributed by atoms with Crippen LogP contribution in [0.15, 0.2) is 29.2 Å². The maximum absolute atomic E-state index is 14.2. The smallest absolute Gasteiger partial charge is 0.334 e. The van der Waals surface area contributed by atoms with Gasteiger partial charge < -0.3 is 14.6 Å². The molecular weight excluding hydrogens is 520 g/mol. The lowest BCUT2D eigenvalue weighted by atomic mass is 9.41. The van der Waals surface area contributed by atoms with E-state index in [2.05, 4.69) is 6.92 Å². The van der Waals surface area contributed by atoms with Gasteiger partial charge in [-0.3, -0.25) is 8.98 Å². The summed E-state index contributed by atoms with van der Waals surface area (Å²) in [5, 5.41) is 10.5. The number of rotatable bonds is 8. The van der Waals surface area contributed by atoms with Crippen LogP contribution in [0, 0.1) is 46.8 Å². The Bertz CT molecular complexity index is 1230. The number of carboxylic acids is 1. The van der Waals surface area contributed by atoms with E-state index in [4.69, 9.17) is 8.92 Å². The molecule has 1 N–H and O–H groups in total. The van der Waals surface area contributed by atoms with E-state index in [1.165, 1.54) is 12.1 Å². The molecule has 9 heteroatoms. The summed E-state index contributed by atoms with van der Waals surface area (Å²) in [5.41, 5.74) is -1.47. The van der Waals surface area contributed by atoms with Crippen molar-refractivity contribution in [1.29, 1.82) is 0 Å². The molecule has 0 heterocycles. The lowest BCUT2D eigenvalue weighted by molar-refractivity contribution is -0.193. The highest BCUT2D eigenvalue weighted by molar-refractivity contribution is 7.86. The first-order chi connectivity index (χ1) is 18.2. The fraction of sp³-hybridized carbons (Fsp3) is 0.700. The number of methoxy groups -OCH3 is 1. The largest absolute Gasteiger partial charge is 0.479 e. The Morgan fingerprint density at radius 2 is 1.77 bits per heavy atom. The highest BCUT2D eigenvalue weighted by Crippen LogP contribution is 2.70. The second-order valence-corrected chi connectivity index (χ2v) is 14.4. The minimum atomic E-state index is -4.45. The molecule has 0 radical (unpaired) electrons. The maximum Gasteiger partial charge on any atom is 0.334 e. The Morgan fingerprint density at radius 1 is 1.15 bits per heavy atom. The van der Waals surface area contributed by atoms with E-state index in [-0.39, 0.29) is 47.4 Å². The molecule has 1 aromatic rings. The van der Waals surface area contributed by atoms with Crippen LogP contribution in [0.1, 0.15) is 71.8 Å². The third kappa shape index (κ3) is 4.68. The van der Waals surface area contributed by atoms with Gasteiger partial charge in [0.05, 0.1) is 11.0 Å². The van der Waals surface area contributed by atoms with Gasteiger partial charge in [-0.05, 0) is 73.8 Å². The van der Waals surface area contributed by atoms with Gasteiger partial charge in [0.2, 0.25) is 0 Å². The first kappa shape index (κ1) is 29.9. The van der Waals surface area contributed by atoms with Crippen LogP contribution in [0.3, 0.4) is 0 Å². The minimum absolute atomic E-state index is 0.00443. The van der Waals surface area contributed by atoms with Gasteiger partial charge in [-0.2, -0.15) is 8.42 Å². The molecule has 4 rings (SSSR count). The number of carboxylic acid groups (broad SMARTS) is 1. The number of carbonyl (C=O) groups excluding carboxylic acids is 2. The fourth-order valence-corrected chi connectivity index (χ4v) is 9.70. The number of ketones is 1. The average molecular weight is 563 g/mol. The van der Waals surface area contributed by atoms with Crippen molar-refractivity contribution in [3.63, 3.8) is 0 Å². The molecule has 9 atom stereocenters. The zero-order valence-electron chi connectivity index (χ0n) is 23.8. The van der Waals surface area contributed by atoms with Crippen molar-refractivity contribution >= 4 is 28.2 Å². The SMILES string of the molecule is CO[C@@H]1CC[C@@]23CC[C@@H](C)[C@](C)([C@H](C(OS(=O)(=O)c4ccc(C)cc4)C(=O)O)C[C@@](C)(CC=O)C(=O)[C@@H]2C)[C@@H]13. The van der Waals surface area contributed by atoms with Gasteiger partial charge >= 0.3 is 5.97 Å². The standard InChI is InChI=1S/C30H42O8S/c1-18-7-9-21(10-8-18)39(35,36)38-24(27(33)34)22-17-28(4,15-16-31)26(32)20(3)30-13-11-19(2)29(22,5)25(30)23(37-6)12-14-30/h7-10,16,19-20,22-25H,11-15,17H2,1-6H3,(H,33,34)/t19-,20+,22+,23-,24?,25-,28-,29-,30+/m1/s1. The zero-order chi connectivity index (χ0) is 29.0. The van der Waals surface area contributed by atoms with Crippen LogP contribution >= 0.6 is 0 Å². The van der Waals surface area contributed by atoms with Gasteiger partial charge in [-0.1, -0.05) is 45.4 Å². The Kier molecular flexibility index (Phi) is 7.95. The number of hydrogen-bond donors (Lipinski definition) is 1. The van der Waals surface area contributed by atoms with Gasteiger partial charge in [-0.25, -0.2) is 4.79 Å². The molecule has 3 fully saturated rings. The summed E-state index contributed by atoms with van der Waals surface area (Å²) in [6.45, 7) is 9.63. The van der Waals surface area contributed by atoms with Gasteiger partial charge in [0.1, 0.15) is 12.1 Å². The molecule has 2 bridgehead atoms. The van der Waals surface area contributed by atoms with Crippen LogP contribution in [0.4, 0.5) is 0 Å². The Labute approximate surface area is 232 Å². The molecule has 216 valence electrons. The molecule has 3 saturated carbocycles. The Hall–Kier alpha value is -2.10. The first-order valence-corrected chi connectivity index (χ1v) is 15.3. The molecule has 0 aromatic heterocycles. The van der Waals surface area contributed by atoms with Crippen molar-refractivity contribution in [1.82, 2.24) is 0 Å². The predicted octanol–water partition coefficient (Wildman–Crippen LogP) is 4.82. The van der Waals surface area contributed by atoms with Crippen LogP contribution in [0.5, 0.6) is 0 Å². The van der Waals surface area contributed by atoms with E-state index in [9.17, 15) is 27.9 Å². The number of ether oxygens (including phenoxy) is 1. The lowest BCUT2D eigenvalue weighted by Crippen LogP contribution is -2.63. The summed E-state index contributed by atoms with van der Waals surface area (Å²) >= 11 is 0. The number of aryl methyl sites for hydroxylation is 1. The van der Waals surface area contributed by atoms with Crippen LogP contribution in [0.2, 0.25) is 0 Å². The molecular formula is C30H42O8S. The summed E-state index contributed by atoms with van der Waals surface area (Å²) in [5.74, 6) is -2.85. The third-order valence-electron chi connectivity index (χ3n) is 11.0. The normalized spacial score (nSPS) is 39.3. The third-order valence-corrected chi connectivity index (χ3v) is 12.3. The summed E-state index contributed by atoms with van der Waals surface area (Å²) in [4.78, 5) is 38.9. The highest BCUT2D eigenvalue weighted by Gasteiger charge is 2.69. The van der Waals surface area contributed by atoms with Gasteiger partial charge in [0.15, 0.2) is 6.10 Å². The molecule has 39 heavy (non-hydrogen) atoms. The van der Waals surface area contributed by atoms with E-state index < -0.39 is 44.4 Å². The number of carbonyl (C=O) groups is 3. The summed E-state index contributed by atoms with van der Waals surface area (Å²) in [7, 11) is -2.80. The van der Waals surface area contributed by atoms with E-state index in [1.807, 2.05) is 20.8 Å². The highest BCUT2D eigenvalue weighted by atomic mass is 32.2. The van der Waals surface area contributed by atoms with Gasteiger partial charge in [0, 0.05) is 30.8 Å². The van der Waals surface area contributed by atoms with Crippen molar-refractivity contribution in [3.05, 3.63) is 29.8 Å². The topological polar surface area (TPSA) is 124 Å². The van der Waals surface area contributed by atoms with Crippen molar-refractivity contribution in [2.75, 3.05) is 7.11 Å². The molecule has 3 aliphatic carbocycles. The summed E-state index contributed by atoms with van der Waals surface area (Å²) in [6, 6.07) is 6.06. The van der Waals surface area contributed by atoms with Crippen molar-refractivity contribution in [3.8, 4) is 0 Å².